The van der Waals surface area contributed by atoms with Crippen molar-refractivity contribution in [3.05, 3.63) is 35.9 Å². The third-order valence-electron chi connectivity index (χ3n) is 2.60. The minimum Gasteiger partial charge on any atom is -0.395 e. The SMILES string of the molecule is O=C(C(S)Cc1ccccc1)N(CCO)CC(F)F. The lowest BCUT2D eigenvalue weighted by Gasteiger charge is -2.24. The molecule has 0 saturated carbocycles. The molecule has 0 aromatic heterocycles. The van der Waals surface area contributed by atoms with Gasteiger partial charge in [0.05, 0.1) is 18.4 Å². The van der Waals surface area contributed by atoms with Crippen LogP contribution in [0.25, 0.3) is 0 Å². The number of carbonyl (C=O) groups is 1. The van der Waals surface area contributed by atoms with Gasteiger partial charge in [-0.1, -0.05) is 30.3 Å². The molecule has 0 bridgehead atoms. The van der Waals surface area contributed by atoms with E-state index in [-0.39, 0.29) is 13.2 Å². The van der Waals surface area contributed by atoms with E-state index in [0.29, 0.717) is 6.42 Å². The topological polar surface area (TPSA) is 40.5 Å². The number of thiol groups is 1. The Morgan fingerprint density at radius 3 is 2.47 bits per heavy atom. The van der Waals surface area contributed by atoms with Crippen molar-refractivity contribution in [1.82, 2.24) is 4.90 Å². The van der Waals surface area contributed by atoms with Crippen LogP contribution in [0.5, 0.6) is 0 Å². The summed E-state index contributed by atoms with van der Waals surface area (Å²) in [7, 11) is 0. The molecule has 0 radical (unpaired) electrons. The fourth-order valence-electron chi connectivity index (χ4n) is 1.71. The van der Waals surface area contributed by atoms with Crippen molar-refractivity contribution in [3.8, 4) is 0 Å². The van der Waals surface area contributed by atoms with Crippen LogP contribution in [0.3, 0.4) is 0 Å². The number of rotatable bonds is 7. The smallest absolute Gasteiger partial charge is 0.255 e. The van der Waals surface area contributed by atoms with E-state index in [0.717, 1.165) is 10.5 Å². The molecule has 1 amide bonds. The molecule has 0 saturated heterocycles. The van der Waals surface area contributed by atoms with Crippen molar-refractivity contribution in [3.63, 3.8) is 0 Å². The number of amides is 1. The van der Waals surface area contributed by atoms with Crippen molar-refractivity contribution >= 4 is 18.5 Å². The Balaban J connectivity index is 2.62. The number of carbonyl (C=O) groups excluding carboxylic acids is 1. The molecule has 1 unspecified atom stereocenters. The second-order valence-corrected chi connectivity index (χ2v) is 4.73. The van der Waals surface area contributed by atoms with Gasteiger partial charge in [0.25, 0.3) is 6.43 Å². The van der Waals surface area contributed by atoms with Crippen LogP contribution in [0.4, 0.5) is 8.78 Å². The third-order valence-corrected chi connectivity index (χ3v) is 3.00. The lowest BCUT2D eigenvalue weighted by molar-refractivity contribution is -0.133. The van der Waals surface area contributed by atoms with E-state index in [9.17, 15) is 13.6 Å². The minimum atomic E-state index is -2.62. The summed E-state index contributed by atoms with van der Waals surface area (Å²) in [6.07, 6.45) is -2.25. The number of aliphatic hydroxyl groups excluding tert-OH is 1. The van der Waals surface area contributed by atoms with E-state index in [1.807, 2.05) is 30.3 Å². The summed E-state index contributed by atoms with van der Waals surface area (Å²) < 4.78 is 24.7. The zero-order chi connectivity index (χ0) is 14.3. The third kappa shape index (κ3) is 5.57. The van der Waals surface area contributed by atoms with Gasteiger partial charge in [-0.3, -0.25) is 4.79 Å². The number of hydrogen-bond donors (Lipinski definition) is 2. The summed E-state index contributed by atoms with van der Waals surface area (Å²) in [5.74, 6) is -0.485. The Bertz CT molecular complexity index is 389. The van der Waals surface area contributed by atoms with Crippen molar-refractivity contribution in [2.75, 3.05) is 19.7 Å². The molecule has 0 aliphatic carbocycles. The van der Waals surface area contributed by atoms with E-state index in [1.165, 1.54) is 0 Å². The van der Waals surface area contributed by atoms with Gasteiger partial charge in [-0.15, -0.1) is 0 Å². The molecule has 0 aliphatic rings. The maximum absolute atomic E-state index is 12.4. The zero-order valence-corrected chi connectivity index (χ0v) is 11.3. The van der Waals surface area contributed by atoms with Crippen LogP contribution in [-0.4, -0.2) is 47.3 Å². The van der Waals surface area contributed by atoms with Gasteiger partial charge in [-0.2, -0.15) is 12.6 Å². The highest BCUT2D eigenvalue weighted by atomic mass is 32.1. The lowest BCUT2D eigenvalue weighted by atomic mass is 10.1. The predicted octanol–water partition coefficient (Wildman–Crippen LogP) is 1.61. The van der Waals surface area contributed by atoms with Crippen molar-refractivity contribution in [1.29, 1.82) is 0 Å². The Hall–Kier alpha value is -1.14. The number of nitrogens with zero attached hydrogens (tertiary/aromatic N) is 1. The molecule has 1 N–H and O–H groups in total. The molecular formula is C13H17F2NO2S. The summed E-state index contributed by atoms with van der Waals surface area (Å²) in [5, 5.41) is 8.12. The second kappa shape index (κ2) is 8.12. The Kier molecular flexibility index (Phi) is 6.80. The van der Waals surface area contributed by atoms with Crippen LogP contribution >= 0.6 is 12.6 Å². The molecule has 3 nitrogen and oxygen atoms in total. The van der Waals surface area contributed by atoms with Crippen LogP contribution in [0, 0.1) is 0 Å². The summed E-state index contributed by atoms with van der Waals surface area (Å²) in [4.78, 5) is 12.9. The Morgan fingerprint density at radius 1 is 1.32 bits per heavy atom. The van der Waals surface area contributed by atoms with E-state index < -0.39 is 24.1 Å². The van der Waals surface area contributed by atoms with Gasteiger partial charge in [-0.05, 0) is 12.0 Å². The first-order valence-corrected chi connectivity index (χ1v) is 6.46. The summed E-state index contributed by atoms with van der Waals surface area (Å²) >= 11 is 4.17. The van der Waals surface area contributed by atoms with Crippen molar-refractivity contribution in [2.24, 2.45) is 0 Å². The van der Waals surface area contributed by atoms with Crippen molar-refractivity contribution in [2.45, 2.75) is 18.1 Å². The average molecular weight is 289 g/mol. The first-order chi connectivity index (χ1) is 9.04. The summed E-state index contributed by atoms with van der Waals surface area (Å²) in [5.41, 5.74) is 0.914. The summed E-state index contributed by atoms with van der Waals surface area (Å²) in [6, 6.07) is 9.23. The molecule has 0 aliphatic heterocycles. The Morgan fingerprint density at radius 2 is 1.95 bits per heavy atom. The lowest BCUT2D eigenvalue weighted by Crippen LogP contribution is -2.42. The normalized spacial score (nSPS) is 12.5. The fraction of sp³-hybridized carbons (Fsp3) is 0.462. The second-order valence-electron chi connectivity index (χ2n) is 4.10. The first-order valence-electron chi connectivity index (χ1n) is 5.94. The quantitative estimate of drug-likeness (QED) is 0.749. The van der Waals surface area contributed by atoms with Crippen LogP contribution in [0.15, 0.2) is 30.3 Å². The van der Waals surface area contributed by atoms with E-state index >= 15 is 0 Å². The monoisotopic (exact) mass is 289 g/mol. The van der Waals surface area contributed by atoms with E-state index in [4.69, 9.17) is 5.11 Å². The predicted molar refractivity (Wildman–Crippen MR) is 72.6 cm³/mol. The zero-order valence-electron chi connectivity index (χ0n) is 10.4. The number of halogens is 2. The standard InChI is InChI=1S/C13H17F2NO2S/c14-12(15)9-16(6-7-17)13(18)11(19)8-10-4-2-1-3-5-10/h1-5,11-12,17,19H,6-9H2. The van der Waals surface area contributed by atoms with Gasteiger partial charge in [0.1, 0.15) is 0 Å². The maximum atomic E-state index is 12.4. The van der Waals surface area contributed by atoms with E-state index in [2.05, 4.69) is 12.6 Å². The number of hydrogen-bond acceptors (Lipinski definition) is 3. The molecule has 1 aromatic rings. The van der Waals surface area contributed by atoms with Gasteiger partial charge in [0.2, 0.25) is 5.91 Å². The van der Waals surface area contributed by atoms with Crippen LogP contribution in [-0.2, 0) is 11.2 Å². The van der Waals surface area contributed by atoms with E-state index in [1.54, 1.807) is 0 Å². The highest BCUT2D eigenvalue weighted by molar-refractivity contribution is 7.81. The molecule has 0 heterocycles. The largest absolute Gasteiger partial charge is 0.395 e. The van der Waals surface area contributed by atoms with Crippen LogP contribution in [0.2, 0.25) is 0 Å². The van der Waals surface area contributed by atoms with Gasteiger partial charge in [-0.25, -0.2) is 8.78 Å². The molecule has 0 fully saturated rings. The number of aliphatic hydroxyl groups is 1. The molecule has 1 aromatic carbocycles. The molecule has 6 heteroatoms. The molecule has 1 rings (SSSR count). The minimum absolute atomic E-state index is 0.102. The molecule has 106 valence electrons. The number of benzene rings is 1. The van der Waals surface area contributed by atoms with Gasteiger partial charge >= 0.3 is 0 Å². The summed E-state index contributed by atoms with van der Waals surface area (Å²) in [6.45, 7) is -1.12. The van der Waals surface area contributed by atoms with Crippen LogP contribution < -0.4 is 0 Å². The van der Waals surface area contributed by atoms with Gasteiger partial charge in [0, 0.05) is 6.54 Å². The van der Waals surface area contributed by atoms with Crippen LogP contribution in [0.1, 0.15) is 5.56 Å². The molecule has 0 spiro atoms. The average Bonchev–Trinajstić information content (AvgIpc) is 2.38. The van der Waals surface area contributed by atoms with Gasteiger partial charge in [0.15, 0.2) is 0 Å². The fourth-order valence-corrected chi connectivity index (χ4v) is 2.09. The molecule has 1 atom stereocenters. The Labute approximate surface area is 116 Å². The number of alkyl halides is 2. The maximum Gasteiger partial charge on any atom is 0.255 e. The highest BCUT2D eigenvalue weighted by Gasteiger charge is 2.23. The highest BCUT2D eigenvalue weighted by Crippen LogP contribution is 2.11. The first kappa shape index (κ1) is 15.9. The molecule has 19 heavy (non-hydrogen) atoms. The van der Waals surface area contributed by atoms with Crippen molar-refractivity contribution < 1.29 is 18.7 Å². The molecular weight excluding hydrogens is 272 g/mol. The van der Waals surface area contributed by atoms with Gasteiger partial charge < -0.3 is 10.0 Å².